The van der Waals surface area contributed by atoms with Crippen LogP contribution in [-0.2, 0) is 0 Å². The van der Waals surface area contributed by atoms with E-state index in [0.29, 0.717) is 12.0 Å². The van der Waals surface area contributed by atoms with Gasteiger partial charge in [-0.25, -0.2) is 0 Å². The zero-order chi connectivity index (χ0) is 11.6. The molecule has 0 radical (unpaired) electrons. The summed E-state index contributed by atoms with van der Waals surface area (Å²) in [4.78, 5) is 4.32. The lowest BCUT2D eigenvalue weighted by Crippen LogP contribution is -2.33. The lowest BCUT2D eigenvalue weighted by Gasteiger charge is -2.03. The van der Waals surface area contributed by atoms with E-state index >= 15 is 0 Å². The molecular formula is C13H28IN3. The average molecular weight is 353 g/mol. The van der Waals surface area contributed by atoms with Gasteiger partial charge in [0.1, 0.15) is 0 Å². The van der Waals surface area contributed by atoms with Crippen LogP contribution in [0.15, 0.2) is 4.99 Å². The first-order valence-electron chi connectivity index (χ1n) is 6.89. The van der Waals surface area contributed by atoms with Gasteiger partial charge in [-0.3, -0.25) is 4.99 Å². The van der Waals surface area contributed by atoms with Crippen molar-refractivity contribution in [2.75, 3.05) is 6.54 Å². The van der Waals surface area contributed by atoms with E-state index in [4.69, 9.17) is 5.73 Å². The molecule has 0 amide bonds. The van der Waals surface area contributed by atoms with Gasteiger partial charge in [0.05, 0.1) is 0 Å². The Bertz CT molecular complexity index is 203. The molecule has 0 atom stereocenters. The van der Waals surface area contributed by atoms with Crippen molar-refractivity contribution < 1.29 is 0 Å². The first kappa shape index (κ1) is 17.0. The number of nitrogens with two attached hydrogens (primary N) is 1. The number of hydrogen-bond donors (Lipinski definition) is 2. The number of hydrogen-bond acceptors (Lipinski definition) is 1. The molecule has 17 heavy (non-hydrogen) atoms. The van der Waals surface area contributed by atoms with E-state index < -0.39 is 0 Å². The Labute approximate surface area is 123 Å². The van der Waals surface area contributed by atoms with E-state index in [0.717, 1.165) is 6.54 Å². The molecule has 0 unspecified atom stereocenters. The predicted octanol–water partition coefficient (Wildman–Crippen LogP) is 3.42. The van der Waals surface area contributed by atoms with Crippen LogP contribution in [0.4, 0.5) is 0 Å². The summed E-state index contributed by atoms with van der Waals surface area (Å²) in [5.74, 6) is 0.647. The number of rotatable bonds is 9. The summed E-state index contributed by atoms with van der Waals surface area (Å²) in [6.45, 7) is 3.14. The van der Waals surface area contributed by atoms with E-state index in [-0.39, 0.29) is 24.0 Å². The zero-order valence-corrected chi connectivity index (χ0v) is 13.4. The zero-order valence-electron chi connectivity index (χ0n) is 11.1. The van der Waals surface area contributed by atoms with Crippen molar-refractivity contribution in [3.8, 4) is 0 Å². The standard InChI is InChI=1S/C13H27N3.HI/c1-2-3-4-5-6-7-8-11-15-13(14)16-12-9-10-12;/h12H,2-11H2,1H3,(H3,14,15,16);1H. The minimum absolute atomic E-state index is 0. The molecule has 0 aromatic rings. The molecule has 0 heterocycles. The molecule has 1 fully saturated rings. The topological polar surface area (TPSA) is 50.4 Å². The van der Waals surface area contributed by atoms with Crippen LogP contribution < -0.4 is 11.1 Å². The third kappa shape index (κ3) is 10.9. The van der Waals surface area contributed by atoms with Crippen LogP contribution in [-0.4, -0.2) is 18.5 Å². The highest BCUT2D eigenvalue weighted by molar-refractivity contribution is 14.0. The largest absolute Gasteiger partial charge is 0.370 e. The van der Waals surface area contributed by atoms with Crippen LogP contribution in [0.25, 0.3) is 0 Å². The van der Waals surface area contributed by atoms with Crippen molar-refractivity contribution in [3.05, 3.63) is 0 Å². The van der Waals surface area contributed by atoms with Gasteiger partial charge in [-0.05, 0) is 19.3 Å². The highest BCUT2D eigenvalue weighted by Gasteiger charge is 2.21. The SMILES string of the molecule is CCCCCCCCCN=C(N)NC1CC1.I. The monoisotopic (exact) mass is 353 g/mol. The van der Waals surface area contributed by atoms with Gasteiger partial charge in [-0.15, -0.1) is 24.0 Å². The van der Waals surface area contributed by atoms with E-state index in [1.807, 2.05) is 0 Å². The van der Waals surface area contributed by atoms with Gasteiger partial charge in [0.15, 0.2) is 5.96 Å². The molecule has 0 spiro atoms. The molecule has 1 rings (SSSR count). The summed E-state index contributed by atoms with van der Waals surface area (Å²) in [7, 11) is 0. The Kier molecular flexibility index (Phi) is 11.1. The van der Waals surface area contributed by atoms with Crippen LogP contribution in [0, 0.1) is 0 Å². The van der Waals surface area contributed by atoms with Crippen molar-refractivity contribution in [3.63, 3.8) is 0 Å². The molecule has 0 aromatic carbocycles. The van der Waals surface area contributed by atoms with Crippen LogP contribution in [0.3, 0.4) is 0 Å². The number of nitrogens with one attached hydrogen (secondary N) is 1. The van der Waals surface area contributed by atoms with Gasteiger partial charge in [0.2, 0.25) is 0 Å². The van der Waals surface area contributed by atoms with E-state index in [1.165, 1.54) is 57.8 Å². The minimum Gasteiger partial charge on any atom is -0.370 e. The molecule has 1 saturated carbocycles. The van der Waals surface area contributed by atoms with Crippen molar-refractivity contribution >= 4 is 29.9 Å². The fourth-order valence-electron chi connectivity index (χ4n) is 1.75. The van der Waals surface area contributed by atoms with Crippen molar-refractivity contribution in [2.24, 2.45) is 10.7 Å². The number of nitrogens with zero attached hydrogens (tertiary/aromatic N) is 1. The molecule has 3 N–H and O–H groups in total. The molecule has 4 heteroatoms. The maximum Gasteiger partial charge on any atom is 0.188 e. The van der Waals surface area contributed by atoms with Crippen LogP contribution in [0.5, 0.6) is 0 Å². The fraction of sp³-hybridized carbons (Fsp3) is 0.923. The Morgan fingerprint density at radius 1 is 1.12 bits per heavy atom. The third-order valence-corrected chi connectivity index (χ3v) is 2.97. The van der Waals surface area contributed by atoms with Crippen molar-refractivity contribution in [1.82, 2.24) is 5.32 Å². The van der Waals surface area contributed by atoms with E-state index in [2.05, 4.69) is 17.2 Å². The van der Waals surface area contributed by atoms with E-state index in [1.54, 1.807) is 0 Å². The molecule has 0 saturated heterocycles. The lowest BCUT2D eigenvalue weighted by atomic mass is 10.1. The number of aliphatic imine (C=N–C) groups is 1. The molecule has 0 aliphatic heterocycles. The van der Waals surface area contributed by atoms with Gasteiger partial charge < -0.3 is 11.1 Å². The van der Waals surface area contributed by atoms with Gasteiger partial charge in [0, 0.05) is 12.6 Å². The average Bonchev–Trinajstić information content (AvgIpc) is 3.06. The molecular weight excluding hydrogens is 325 g/mol. The van der Waals surface area contributed by atoms with Gasteiger partial charge in [-0.1, -0.05) is 45.4 Å². The Morgan fingerprint density at radius 2 is 1.71 bits per heavy atom. The summed E-state index contributed by atoms with van der Waals surface area (Å²) in [5, 5.41) is 3.20. The van der Waals surface area contributed by atoms with E-state index in [9.17, 15) is 0 Å². The van der Waals surface area contributed by atoms with Gasteiger partial charge in [-0.2, -0.15) is 0 Å². The smallest absolute Gasteiger partial charge is 0.188 e. The van der Waals surface area contributed by atoms with Crippen molar-refractivity contribution in [1.29, 1.82) is 0 Å². The Hall–Kier alpha value is 0. The summed E-state index contributed by atoms with van der Waals surface area (Å²) < 4.78 is 0. The second-order valence-electron chi connectivity index (χ2n) is 4.81. The number of halogens is 1. The molecule has 1 aliphatic carbocycles. The second kappa shape index (κ2) is 11.1. The van der Waals surface area contributed by atoms with Gasteiger partial charge >= 0.3 is 0 Å². The van der Waals surface area contributed by atoms with Crippen LogP contribution in [0.2, 0.25) is 0 Å². The first-order chi connectivity index (χ1) is 7.83. The van der Waals surface area contributed by atoms with Gasteiger partial charge in [0.25, 0.3) is 0 Å². The maximum atomic E-state index is 5.73. The molecule has 1 aliphatic rings. The summed E-state index contributed by atoms with van der Waals surface area (Å²) >= 11 is 0. The Morgan fingerprint density at radius 3 is 2.29 bits per heavy atom. The maximum absolute atomic E-state index is 5.73. The molecule has 3 nitrogen and oxygen atoms in total. The van der Waals surface area contributed by atoms with Crippen LogP contribution >= 0.6 is 24.0 Å². The third-order valence-electron chi connectivity index (χ3n) is 2.97. The van der Waals surface area contributed by atoms with Crippen LogP contribution in [0.1, 0.15) is 64.7 Å². The minimum atomic E-state index is 0. The highest BCUT2D eigenvalue weighted by atomic mass is 127. The number of guanidine groups is 1. The first-order valence-corrected chi connectivity index (χ1v) is 6.89. The lowest BCUT2D eigenvalue weighted by molar-refractivity contribution is 0.592. The normalized spacial score (nSPS) is 15.5. The predicted molar refractivity (Wildman–Crippen MR) is 86.1 cm³/mol. The highest BCUT2D eigenvalue weighted by Crippen LogP contribution is 2.17. The molecule has 0 bridgehead atoms. The quantitative estimate of drug-likeness (QED) is 0.289. The summed E-state index contributed by atoms with van der Waals surface area (Å²) in [6, 6.07) is 0.623. The summed E-state index contributed by atoms with van der Waals surface area (Å²) in [6.07, 6.45) is 11.8. The second-order valence-corrected chi connectivity index (χ2v) is 4.81. The van der Waals surface area contributed by atoms with Crippen molar-refractivity contribution in [2.45, 2.75) is 70.8 Å². The Balaban J connectivity index is 0.00000256. The number of unbranched alkanes of at least 4 members (excludes halogenated alkanes) is 6. The fourth-order valence-corrected chi connectivity index (χ4v) is 1.75. The molecule has 0 aromatic heterocycles. The summed E-state index contributed by atoms with van der Waals surface area (Å²) in [5.41, 5.74) is 5.73. The molecule has 102 valence electrons.